The summed E-state index contributed by atoms with van der Waals surface area (Å²) < 4.78 is 2.16. The predicted molar refractivity (Wildman–Crippen MR) is 129 cm³/mol. The fourth-order valence-corrected chi connectivity index (χ4v) is 4.91. The summed E-state index contributed by atoms with van der Waals surface area (Å²) in [6.07, 6.45) is 2.03. The molecule has 0 bridgehead atoms. The summed E-state index contributed by atoms with van der Waals surface area (Å²) in [6.45, 7) is 3.09. The van der Waals surface area contributed by atoms with Crippen molar-refractivity contribution in [1.82, 2.24) is 4.57 Å². The Hall–Kier alpha value is -3.35. The smallest absolute Gasteiger partial charge is 0.258 e. The molecule has 2 amide bonds. The SMILES string of the molecule is Cc1sccc1C(=O)Nc1ccc(C(=O)N2Cc3cccn3Cc3ccccc32)cc1Cl. The standard InChI is InChI=1S/C25H20ClN3O2S/c1-16-20(10-12-32-16)24(30)27-22-9-8-17(13-21(22)26)25(31)29-15-19-6-4-11-28(19)14-18-5-2-3-7-23(18)29/h2-13H,14-15H2,1H3,(H,27,30). The summed E-state index contributed by atoms with van der Waals surface area (Å²) in [6, 6.07) is 18.8. The zero-order chi connectivity index (χ0) is 22.2. The molecule has 0 saturated carbocycles. The second-order valence-electron chi connectivity index (χ2n) is 7.69. The second kappa shape index (κ2) is 8.30. The molecule has 4 aromatic rings. The number of hydrogen-bond acceptors (Lipinski definition) is 3. The Morgan fingerprint density at radius 3 is 2.66 bits per heavy atom. The fraction of sp³-hybridized carbons (Fsp3) is 0.120. The third-order valence-electron chi connectivity index (χ3n) is 5.68. The number of amides is 2. The quantitative estimate of drug-likeness (QED) is 0.408. The highest BCUT2D eigenvalue weighted by atomic mass is 35.5. The van der Waals surface area contributed by atoms with E-state index in [0.717, 1.165) is 28.4 Å². The van der Waals surface area contributed by atoms with Gasteiger partial charge in [0.05, 0.1) is 22.8 Å². The van der Waals surface area contributed by atoms with Crippen molar-refractivity contribution in [1.29, 1.82) is 0 Å². The summed E-state index contributed by atoms with van der Waals surface area (Å²) in [5, 5.41) is 5.04. The molecule has 160 valence electrons. The van der Waals surface area contributed by atoms with Gasteiger partial charge in [-0.25, -0.2) is 0 Å². The third-order valence-corrected chi connectivity index (χ3v) is 6.84. The van der Waals surface area contributed by atoms with Crippen molar-refractivity contribution < 1.29 is 9.59 Å². The van der Waals surface area contributed by atoms with Crippen molar-refractivity contribution in [3.05, 3.63) is 105 Å². The summed E-state index contributed by atoms with van der Waals surface area (Å²) in [5.74, 6) is -0.354. The molecule has 2 aromatic carbocycles. The molecule has 0 spiro atoms. The van der Waals surface area contributed by atoms with Crippen molar-refractivity contribution >= 4 is 46.1 Å². The van der Waals surface area contributed by atoms with E-state index in [0.29, 0.717) is 28.4 Å². The highest BCUT2D eigenvalue weighted by molar-refractivity contribution is 7.10. The minimum Gasteiger partial charge on any atom is -0.345 e. The molecular formula is C25H20ClN3O2S. The number of aryl methyl sites for hydroxylation is 1. The van der Waals surface area contributed by atoms with Crippen molar-refractivity contribution in [3.8, 4) is 0 Å². The van der Waals surface area contributed by atoms with E-state index in [1.54, 1.807) is 29.2 Å². The first-order valence-corrected chi connectivity index (χ1v) is 11.5. The molecule has 1 N–H and O–H groups in total. The van der Waals surface area contributed by atoms with E-state index in [2.05, 4.69) is 9.88 Å². The van der Waals surface area contributed by atoms with Crippen molar-refractivity contribution in [2.24, 2.45) is 0 Å². The number of nitrogens with zero attached hydrogens (tertiary/aromatic N) is 2. The molecule has 2 aromatic heterocycles. The van der Waals surface area contributed by atoms with Crippen LogP contribution >= 0.6 is 22.9 Å². The molecule has 3 heterocycles. The number of rotatable bonds is 3. The summed E-state index contributed by atoms with van der Waals surface area (Å²) in [4.78, 5) is 28.8. The predicted octanol–water partition coefficient (Wildman–Crippen LogP) is 5.97. The second-order valence-corrected chi connectivity index (χ2v) is 9.21. The Kier molecular flexibility index (Phi) is 5.33. The van der Waals surface area contributed by atoms with Gasteiger partial charge in [-0.05, 0) is 60.3 Å². The van der Waals surface area contributed by atoms with Crippen LogP contribution in [0.1, 0.15) is 36.9 Å². The maximum atomic E-state index is 13.5. The monoisotopic (exact) mass is 461 g/mol. The van der Waals surface area contributed by atoms with Crippen molar-refractivity contribution in [2.75, 3.05) is 10.2 Å². The van der Waals surface area contributed by atoms with Gasteiger partial charge in [0.2, 0.25) is 0 Å². The number of halogens is 1. The molecule has 5 nitrogen and oxygen atoms in total. The zero-order valence-electron chi connectivity index (χ0n) is 17.3. The van der Waals surface area contributed by atoms with E-state index in [9.17, 15) is 9.59 Å². The van der Waals surface area contributed by atoms with Gasteiger partial charge in [0, 0.05) is 34.6 Å². The Morgan fingerprint density at radius 2 is 1.88 bits per heavy atom. The number of aromatic nitrogens is 1. The normalized spacial score (nSPS) is 12.6. The van der Waals surface area contributed by atoms with E-state index in [1.807, 2.05) is 54.9 Å². The van der Waals surface area contributed by atoms with E-state index < -0.39 is 0 Å². The maximum absolute atomic E-state index is 13.5. The summed E-state index contributed by atoms with van der Waals surface area (Å²) in [5.41, 5.74) is 4.60. The summed E-state index contributed by atoms with van der Waals surface area (Å²) >= 11 is 7.98. The lowest BCUT2D eigenvalue weighted by Crippen LogP contribution is -2.30. The number of hydrogen-bond donors (Lipinski definition) is 1. The Labute approximate surface area is 194 Å². The molecule has 1 aliphatic heterocycles. The van der Waals surface area contributed by atoms with E-state index in [-0.39, 0.29) is 11.8 Å². The molecule has 0 unspecified atom stereocenters. The maximum Gasteiger partial charge on any atom is 0.258 e. The average molecular weight is 462 g/mol. The van der Waals surface area contributed by atoms with Crippen LogP contribution in [0, 0.1) is 6.92 Å². The van der Waals surface area contributed by atoms with Crippen LogP contribution in [0.25, 0.3) is 0 Å². The number of thiophene rings is 1. The minimum absolute atomic E-state index is 0.138. The van der Waals surface area contributed by atoms with E-state index >= 15 is 0 Å². The van der Waals surface area contributed by atoms with Crippen molar-refractivity contribution in [2.45, 2.75) is 20.0 Å². The van der Waals surface area contributed by atoms with Gasteiger partial charge in [0.25, 0.3) is 11.8 Å². The molecule has 1 aliphatic rings. The molecule has 0 aliphatic carbocycles. The summed E-state index contributed by atoms with van der Waals surface area (Å²) in [7, 11) is 0. The lowest BCUT2D eigenvalue weighted by Gasteiger charge is -2.23. The number of carbonyl (C=O) groups is 2. The van der Waals surface area contributed by atoms with Crippen LogP contribution in [0.5, 0.6) is 0 Å². The fourth-order valence-electron chi connectivity index (χ4n) is 3.98. The first-order chi connectivity index (χ1) is 15.5. The van der Waals surface area contributed by atoms with Crippen LogP contribution < -0.4 is 10.2 Å². The molecule has 0 fully saturated rings. The molecule has 5 rings (SSSR count). The van der Waals surface area contributed by atoms with Gasteiger partial charge in [-0.1, -0.05) is 29.8 Å². The Balaban J connectivity index is 1.44. The lowest BCUT2D eigenvalue weighted by atomic mass is 10.1. The van der Waals surface area contributed by atoms with Crippen molar-refractivity contribution in [3.63, 3.8) is 0 Å². The van der Waals surface area contributed by atoms with Gasteiger partial charge >= 0.3 is 0 Å². The number of carbonyl (C=O) groups excluding carboxylic acids is 2. The van der Waals surface area contributed by atoms with Gasteiger partial charge in [0.1, 0.15) is 0 Å². The zero-order valence-corrected chi connectivity index (χ0v) is 18.9. The topological polar surface area (TPSA) is 54.3 Å². The molecule has 0 saturated heterocycles. The third kappa shape index (κ3) is 3.72. The molecule has 0 atom stereocenters. The van der Waals surface area contributed by atoms with Crippen LogP contribution in [0.4, 0.5) is 11.4 Å². The molecule has 0 radical (unpaired) electrons. The number of para-hydroxylation sites is 1. The van der Waals surface area contributed by atoms with Gasteiger partial charge < -0.3 is 14.8 Å². The first-order valence-electron chi connectivity index (χ1n) is 10.2. The van der Waals surface area contributed by atoms with Gasteiger partial charge in [-0.15, -0.1) is 11.3 Å². The number of fused-ring (bicyclic) bond motifs is 2. The van der Waals surface area contributed by atoms with Crippen LogP contribution in [0.3, 0.4) is 0 Å². The van der Waals surface area contributed by atoms with Gasteiger partial charge in [-0.2, -0.15) is 0 Å². The number of nitrogens with one attached hydrogen (secondary N) is 1. The van der Waals surface area contributed by atoms with E-state index in [1.165, 1.54) is 11.3 Å². The Bertz CT molecular complexity index is 1340. The molecule has 32 heavy (non-hydrogen) atoms. The largest absolute Gasteiger partial charge is 0.345 e. The van der Waals surface area contributed by atoms with Gasteiger partial charge in [-0.3, -0.25) is 9.59 Å². The Morgan fingerprint density at radius 1 is 1.03 bits per heavy atom. The lowest BCUT2D eigenvalue weighted by molar-refractivity contribution is 0.0983. The number of anilines is 2. The molecular weight excluding hydrogens is 442 g/mol. The number of benzene rings is 2. The average Bonchev–Trinajstić information content (AvgIpc) is 3.38. The van der Waals surface area contributed by atoms with Crippen LogP contribution in [-0.2, 0) is 13.1 Å². The minimum atomic E-state index is -0.216. The molecule has 7 heteroatoms. The van der Waals surface area contributed by atoms with E-state index in [4.69, 9.17) is 11.6 Å². The highest BCUT2D eigenvalue weighted by Crippen LogP contribution is 2.31. The van der Waals surface area contributed by atoms with Crippen LogP contribution in [-0.4, -0.2) is 16.4 Å². The van der Waals surface area contributed by atoms with Crippen LogP contribution in [0.15, 0.2) is 72.2 Å². The van der Waals surface area contributed by atoms with Gasteiger partial charge in [0.15, 0.2) is 0 Å². The first kappa shape index (κ1) is 20.5. The highest BCUT2D eigenvalue weighted by Gasteiger charge is 2.25. The van der Waals surface area contributed by atoms with Crippen LogP contribution in [0.2, 0.25) is 5.02 Å².